The molecule has 6 heteroatoms. The Hall–Kier alpha value is -1.34. The third-order valence-corrected chi connectivity index (χ3v) is 4.62. The molecule has 18 heavy (non-hydrogen) atoms. The second-order valence-corrected chi connectivity index (χ2v) is 6.20. The molecule has 0 amide bonds. The maximum Gasteiger partial charge on any atom is 0.263 e. The number of benzene rings is 2. The molecule has 2 N–H and O–H groups in total. The van der Waals surface area contributed by atoms with Crippen LogP contribution in [0.4, 0.5) is 0 Å². The van der Waals surface area contributed by atoms with E-state index in [-0.39, 0.29) is 4.90 Å². The predicted octanol–water partition coefficient (Wildman–Crippen LogP) is 2.51. The van der Waals surface area contributed by atoms with E-state index in [1.807, 2.05) is 30.3 Å². The molecule has 0 aliphatic carbocycles. The summed E-state index contributed by atoms with van der Waals surface area (Å²) in [5, 5.41) is 8.69. The smallest absolute Gasteiger partial charge is 0.263 e. The Labute approximate surface area is 110 Å². The summed E-state index contributed by atoms with van der Waals surface area (Å²) in [6.07, 6.45) is 0. The van der Waals surface area contributed by atoms with Crippen molar-refractivity contribution in [1.29, 1.82) is 0 Å². The molecule has 0 bridgehead atoms. The fraction of sp³-hybridized carbons (Fsp3) is 0. The van der Waals surface area contributed by atoms with Crippen LogP contribution in [0.3, 0.4) is 0 Å². The van der Waals surface area contributed by atoms with E-state index in [0.29, 0.717) is 4.90 Å². The lowest BCUT2D eigenvalue weighted by Gasteiger charge is -2.08. The first-order chi connectivity index (χ1) is 8.63. The minimum atomic E-state index is -3.86. The zero-order valence-corrected chi connectivity index (χ0v) is 10.9. The first-order valence-electron chi connectivity index (χ1n) is 5.11. The molecule has 2 aromatic rings. The highest BCUT2D eigenvalue weighted by atomic mass is 32.2. The van der Waals surface area contributed by atoms with Gasteiger partial charge >= 0.3 is 0 Å². The van der Waals surface area contributed by atoms with Crippen molar-refractivity contribution in [2.45, 2.75) is 14.7 Å². The van der Waals surface area contributed by atoms with Gasteiger partial charge in [-0.1, -0.05) is 47.0 Å². The Balaban J connectivity index is 2.41. The van der Waals surface area contributed by atoms with Gasteiger partial charge in [-0.05, 0) is 24.3 Å². The number of sulfonamides is 1. The summed E-state index contributed by atoms with van der Waals surface area (Å²) >= 11 is 1.33. The Morgan fingerprint density at radius 2 is 1.56 bits per heavy atom. The van der Waals surface area contributed by atoms with Gasteiger partial charge in [0, 0.05) is 9.79 Å². The Bertz CT molecular complexity index is 627. The molecule has 0 atom stereocenters. The molecular formula is C12H11NO3S2. The quantitative estimate of drug-likeness (QED) is 0.845. The van der Waals surface area contributed by atoms with Crippen molar-refractivity contribution in [2.24, 2.45) is 0 Å². The lowest BCUT2D eigenvalue weighted by atomic mass is 10.4. The molecule has 0 radical (unpaired) electrons. The van der Waals surface area contributed by atoms with Gasteiger partial charge in [0.1, 0.15) is 0 Å². The first kappa shape index (κ1) is 13.1. The molecule has 4 nitrogen and oxygen atoms in total. The van der Waals surface area contributed by atoms with Crippen LogP contribution in [0.25, 0.3) is 0 Å². The van der Waals surface area contributed by atoms with Crippen molar-refractivity contribution in [3.63, 3.8) is 0 Å². The summed E-state index contributed by atoms with van der Waals surface area (Å²) < 4.78 is 23.3. The number of rotatable bonds is 4. The van der Waals surface area contributed by atoms with E-state index >= 15 is 0 Å². The molecule has 0 fully saturated rings. The number of hydrogen-bond acceptors (Lipinski definition) is 4. The van der Waals surface area contributed by atoms with Crippen LogP contribution in [0.15, 0.2) is 69.3 Å². The van der Waals surface area contributed by atoms with Crippen molar-refractivity contribution in [3.05, 3.63) is 54.6 Å². The molecule has 0 unspecified atom stereocenters. The Morgan fingerprint density at radius 3 is 2.22 bits per heavy atom. The zero-order chi connectivity index (χ0) is 13.0. The zero-order valence-electron chi connectivity index (χ0n) is 9.28. The highest BCUT2D eigenvalue weighted by Crippen LogP contribution is 2.32. The van der Waals surface area contributed by atoms with Gasteiger partial charge in [0.25, 0.3) is 10.0 Å². The van der Waals surface area contributed by atoms with E-state index in [1.54, 1.807) is 18.2 Å². The largest absolute Gasteiger partial charge is 0.302 e. The van der Waals surface area contributed by atoms with Crippen molar-refractivity contribution in [1.82, 2.24) is 4.89 Å². The molecule has 0 aliphatic heterocycles. The molecule has 0 aliphatic rings. The molecule has 2 aromatic carbocycles. The van der Waals surface area contributed by atoms with Gasteiger partial charge in [0.15, 0.2) is 0 Å². The fourth-order valence-corrected chi connectivity index (χ4v) is 3.43. The van der Waals surface area contributed by atoms with E-state index in [1.165, 1.54) is 22.7 Å². The monoisotopic (exact) mass is 281 g/mol. The van der Waals surface area contributed by atoms with Crippen LogP contribution < -0.4 is 4.89 Å². The Morgan fingerprint density at radius 1 is 0.944 bits per heavy atom. The van der Waals surface area contributed by atoms with E-state index in [2.05, 4.69) is 0 Å². The van der Waals surface area contributed by atoms with Gasteiger partial charge in [-0.2, -0.15) is 0 Å². The highest BCUT2D eigenvalue weighted by Gasteiger charge is 2.17. The van der Waals surface area contributed by atoms with Gasteiger partial charge in [0.05, 0.1) is 4.90 Å². The summed E-state index contributed by atoms with van der Waals surface area (Å²) in [7, 11) is -3.86. The van der Waals surface area contributed by atoms with Crippen LogP contribution in [-0.4, -0.2) is 13.6 Å². The summed E-state index contributed by atoms with van der Waals surface area (Å²) in [5.74, 6) is 0. The molecule has 0 saturated carbocycles. The third kappa shape index (κ3) is 2.91. The molecule has 0 spiro atoms. The minimum absolute atomic E-state index is 0.0568. The summed E-state index contributed by atoms with van der Waals surface area (Å²) in [5.41, 5.74) is 0. The molecule has 0 saturated heterocycles. The van der Waals surface area contributed by atoms with Gasteiger partial charge in [0.2, 0.25) is 0 Å². The average Bonchev–Trinajstić information content (AvgIpc) is 2.40. The molecule has 0 aromatic heterocycles. The van der Waals surface area contributed by atoms with Crippen molar-refractivity contribution in [3.8, 4) is 0 Å². The summed E-state index contributed by atoms with van der Waals surface area (Å²) in [6, 6.07) is 15.9. The molecule has 0 heterocycles. The summed E-state index contributed by atoms with van der Waals surface area (Å²) in [4.78, 5) is 2.89. The SMILES string of the molecule is O=S(=O)(NO)c1ccccc1Sc1ccccc1. The summed E-state index contributed by atoms with van der Waals surface area (Å²) in [6.45, 7) is 0. The van der Waals surface area contributed by atoms with Crippen molar-refractivity contribution < 1.29 is 13.6 Å². The van der Waals surface area contributed by atoms with Crippen LogP contribution in [0.2, 0.25) is 0 Å². The number of hydrogen-bond donors (Lipinski definition) is 2. The van der Waals surface area contributed by atoms with Gasteiger partial charge in [-0.15, -0.1) is 0 Å². The average molecular weight is 281 g/mol. The van der Waals surface area contributed by atoms with Crippen LogP contribution in [0.5, 0.6) is 0 Å². The van der Waals surface area contributed by atoms with Gasteiger partial charge < -0.3 is 5.21 Å². The topological polar surface area (TPSA) is 66.4 Å². The molecule has 2 rings (SSSR count). The second-order valence-electron chi connectivity index (χ2n) is 3.46. The standard InChI is InChI=1S/C12H11NO3S2/c14-13-18(15,16)12-9-5-4-8-11(12)17-10-6-2-1-3-7-10/h1-9,13-14H. The van der Waals surface area contributed by atoms with Crippen LogP contribution in [-0.2, 0) is 10.0 Å². The van der Waals surface area contributed by atoms with Crippen molar-refractivity contribution >= 4 is 21.8 Å². The van der Waals surface area contributed by atoms with E-state index < -0.39 is 10.0 Å². The lowest BCUT2D eigenvalue weighted by molar-refractivity contribution is 0.242. The second kappa shape index (κ2) is 5.53. The van der Waals surface area contributed by atoms with Crippen LogP contribution in [0, 0.1) is 0 Å². The Kier molecular flexibility index (Phi) is 4.03. The normalized spacial score (nSPS) is 11.4. The maximum atomic E-state index is 11.6. The number of nitrogens with one attached hydrogen (secondary N) is 1. The van der Waals surface area contributed by atoms with Crippen LogP contribution in [0.1, 0.15) is 0 Å². The van der Waals surface area contributed by atoms with E-state index in [0.717, 1.165) is 4.90 Å². The maximum absolute atomic E-state index is 11.6. The van der Waals surface area contributed by atoms with Crippen LogP contribution >= 0.6 is 11.8 Å². The van der Waals surface area contributed by atoms with Gasteiger partial charge in [-0.25, -0.2) is 8.42 Å². The molecule has 94 valence electrons. The minimum Gasteiger partial charge on any atom is -0.302 e. The fourth-order valence-electron chi connectivity index (χ4n) is 1.42. The van der Waals surface area contributed by atoms with E-state index in [9.17, 15) is 8.42 Å². The predicted molar refractivity (Wildman–Crippen MR) is 69.1 cm³/mol. The van der Waals surface area contributed by atoms with Gasteiger partial charge in [-0.3, -0.25) is 0 Å². The van der Waals surface area contributed by atoms with E-state index in [4.69, 9.17) is 5.21 Å². The third-order valence-electron chi connectivity index (χ3n) is 2.23. The molecular weight excluding hydrogens is 270 g/mol. The highest BCUT2D eigenvalue weighted by molar-refractivity contribution is 8.00. The lowest BCUT2D eigenvalue weighted by Crippen LogP contribution is -2.19. The first-order valence-corrected chi connectivity index (χ1v) is 7.41. The van der Waals surface area contributed by atoms with Crippen molar-refractivity contribution in [2.75, 3.05) is 0 Å².